The topological polar surface area (TPSA) is 84.0 Å². The zero-order valence-corrected chi connectivity index (χ0v) is 17.9. The van der Waals surface area contributed by atoms with Crippen LogP contribution in [-0.4, -0.2) is 70.7 Å². The van der Waals surface area contributed by atoms with Gasteiger partial charge in [0.2, 0.25) is 5.91 Å². The van der Waals surface area contributed by atoms with E-state index < -0.39 is 29.9 Å². The Morgan fingerprint density at radius 1 is 1.17 bits per heavy atom. The molecule has 0 spiro atoms. The minimum absolute atomic E-state index is 0.00123. The van der Waals surface area contributed by atoms with Crippen molar-refractivity contribution in [3.63, 3.8) is 0 Å². The maximum absolute atomic E-state index is 13.4. The van der Waals surface area contributed by atoms with Gasteiger partial charge in [-0.1, -0.05) is 26.0 Å². The van der Waals surface area contributed by atoms with Gasteiger partial charge in [-0.3, -0.25) is 19.3 Å². The molecule has 0 unspecified atom stereocenters. The minimum Gasteiger partial charge on any atom is -0.467 e. The van der Waals surface area contributed by atoms with Gasteiger partial charge in [-0.25, -0.2) is 4.79 Å². The summed E-state index contributed by atoms with van der Waals surface area (Å²) in [5.74, 6) is -1.59. The summed E-state index contributed by atoms with van der Waals surface area (Å²) in [6.07, 6.45) is 2.75. The number of hydrogen-bond donors (Lipinski definition) is 0. The van der Waals surface area contributed by atoms with Crippen molar-refractivity contribution < 1.29 is 23.9 Å². The summed E-state index contributed by atoms with van der Waals surface area (Å²) >= 11 is 1.56. The zero-order valence-electron chi connectivity index (χ0n) is 17.1. The molecule has 3 atom stereocenters. The number of likely N-dealkylation sites (tertiary alicyclic amines) is 1. The van der Waals surface area contributed by atoms with Crippen molar-refractivity contribution in [2.24, 2.45) is 5.92 Å². The van der Waals surface area contributed by atoms with E-state index in [9.17, 15) is 19.2 Å². The highest BCUT2D eigenvalue weighted by Gasteiger charge is 2.49. The van der Waals surface area contributed by atoms with E-state index in [0.29, 0.717) is 30.5 Å². The first-order valence-corrected chi connectivity index (χ1v) is 11.0. The lowest BCUT2D eigenvalue weighted by molar-refractivity contribution is -0.156. The monoisotopic (exact) mass is 418 g/mol. The van der Waals surface area contributed by atoms with Gasteiger partial charge >= 0.3 is 5.97 Å². The van der Waals surface area contributed by atoms with E-state index in [1.165, 1.54) is 12.0 Å². The van der Waals surface area contributed by atoms with Crippen molar-refractivity contribution >= 4 is 35.5 Å². The second-order valence-corrected chi connectivity index (χ2v) is 8.93. The normalized spacial score (nSPS) is 22.9. The molecule has 2 heterocycles. The maximum atomic E-state index is 13.4. The van der Waals surface area contributed by atoms with Gasteiger partial charge in [0.1, 0.15) is 12.1 Å². The number of methoxy groups -OCH3 is 1. The molecular formula is C21H26N2O5S. The molecule has 29 heavy (non-hydrogen) atoms. The molecule has 3 rings (SSSR count). The fraction of sp³-hybridized carbons (Fsp3) is 0.524. The van der Waals surface area contributed by atoms with Crippen molar-refractivity contribution in [3.8, 4) is 0 Å². The van der Waals surface area contributed by atoms with Gasteiger partial charge in [-0.2, -0.15) is 11.8 Å². The molecule has 3 amide bonds. The highest BCUT2D eigenvalue weighted by atomic mass is 32.2. The predicted octanol–water partition coefficient (Wildman–Crippen LogP) is 2.20. The zero-order chi connectivity index (χ0) is 21.3. The Kier molecular flexibility index (Phi) is 6.31. The lowest BCUT2D eigenvalue weighted by Gasteiger charge is -2.42. The van der Waals surface area contributed by atoms with Crippen LogP contribution in [0.15, 0.2) is 24.3 Å². The molecule has 2 aliphatic rings. The third-order valence-electron chi connectivity index (χ3n) is 5.47. The molecular weight excluding hydrogens is 392 g/mol. The first-order valence-electron chi connectivity index (χ1n) is 9.68. The molecule has 156 valence electrons. The molecule has 1 fully saturated rings. The van der Waals surface area contributed by atoms with Crippen molar-refractivity contribution in [3.05, 3.63) is 35.4 Å². The van der Waals surface area contributed by atoms with Crippen molar-refractivity contribution in [2.75, 3.05) is 19.9 Å². The second kappa shape index (κ2) is 8.57. The Morgan fingerprint density at radius 2 is 1.76 bits per heavy atom. The molecule has 0 radical (unpaired) electrons. The standard InChI is InChI=1S/C21H26N2O5S/c1-12(2)9-17(21(27)28-3)22-11-13(29-4)10-16(20(22)26)23-18(24)14-7-5-6-8-15(14)19(23)25/h5-8,12-13,16-17H,9-11H2,1-4H3/t13-,16+,17-/m0/s1. The molecule has 2 aliphatic heterocycles. The number of thioether (sulfide) groups is 1. The van der Waals surface area contributed by atoms with Crippen molar-refractivity contribution in [1.29, 1.82) is 0 Å². The summed E-state index contributed by atoms with van der Waals surface area (Å²) < 4.78 is 4.95. The summed E-state index contributed by atoms with van der Waals surface area (Å²) in [7, 11) is 1.30. The molecule has 0 N–H and O–H groups in total. The number of fused-ring (bicyclic) bond motifs is 1. The van der Waals surface area contributed by atoms with Gasteiger partial charge in [0, 0.05) is 11.8 Å². The summed E-state index contributed by atoms with van der Waals surface area (Å²) in [5.41, 5.74) is 0.629. The average molecular weight is 419 g/mol. The Bertz CT molecular complexity index is 805. The molecule has 0 saturated carbocycles. The molecule has 1 aromatic rings. The Morgan fingerprint density at radius 3 is 2.24 bits per heavy atom. The summed E-state index contributed by atoms with van der Waals surface area (Å²) in [4.78, 5) is 54.3. The van der Waals surface area contributed by atoms with E-state index >= 15 is 0 Å². The van der Waals surface area contributed by atoms with Gasteiger partial charge in [0.05, 0.1) is 18.2 Å². The summed E-state index contributed by atoms with van der Waals surface area (Å²) in [5, 5.41) is 0.00123. The smallest absolute Gasteiger partial charge is 0.328 e. The number of carbonyl (C=O) groups is 4. The number of carbonyl (C=O) groups excluding carboxylic acids is 4. The first kappa shape index (κ1) is 21.4. The van der Waals surface area contributed by atoms with Crippen LogP contribution in [0, 0.1) is 5.92 Å². The first-order chi connectivity index (χ1) is 13.8. The number of rotatable bonds is 6. The van der Waals surface area contributed by atoms with Crippen LogP contribution in [0.1, 0.15) is 47.4 Å². The van der Waals surface area contributed by atoms with Crippen LogP contribution < -0.4 is 0 Å². The number of ether oxygens (including phenoxy) is 1. The molecule has 8 heteroatoms. The predicted molar refractivity (Wildman–Crippen MR) is 110 cm³/mol. The molecule has 1 aromatic carbocycles. The third-order valence-corrected chi connectivity index (χ3v) is 6.48. The number of benzene rings is 1. The highest BCUT2D eigenvalue weighted by Crippen LogP contribution is 2.33. The SMILES string of the molecule is COC(=O)[C@H](CC(C)C)N1C[C@@H](SC)C[C@@H](N2C(=O)c3ccccc3C2=O)C1=O. The molecule has 0 aliphatic carbocycles. The fourth-order valence-electron chi connectivity index (χ4n) is 4.02. The lowest BCUT2D eigenvalue weighted by atomic mass is 9.96. The quantitative estimate of drug-likeness (QED) is 0.520. The molecule has 7 nitrogen and oxygen atoms in total. The third kappa shape index (κ3) is 3.90. The van der Waals surface area contributed by atoms with Crippen LogP contribution in [0.3, 0.4) is 0 Å². The van der Waals surface area contributed by atoms with Crippen molar-refractivity contribution in [1.82, 2.24) is 9.80 Å². The van der Waals surface area contributed by atoms with Crippen LogP contribution in [0.2, 0.25) is 0 Å². The van der Waals surface area contributed by atoms with Gasteiger partial charge in [0.15, 0.2) is 0 Å². The Hall–Kier alpha value is -2.35. The largest absolute Gasteiger partial charge is 0.467 e. The summed E-state index contributed by atoms with van der Waals surface area (Å²) in [6.45, 7) is 4.32. The van der Waals surface area contributed by atoms with Crippen LogP contribution >= 0.6 is 11.8 Å². The van der Waals surface area contributed by atoms with Gasteiger partial charge in [-0.05, 0) is 37.1 Å². The molecule has 0 bridgehead atoms. The van der Waals surface area contributed by atoms with Crippen LogP contribution in [0.5, 0.6) is 0 Å². The van der Waals surface area contributed by atoms with Gasteiger partial charge < -0.3 is 9.64 Å². The fourth-order valence-corrected chi connectivity index (χ4v) is 4.70. The van der Waals surface area contributed by atoms with Crippen LogP contribution in [0.4, 0.5) is 0 Å². The maximum Gasteiger partial charge on any atom is 0.328 e. The molecule has 0 aromatic heterocycles. The average Bonchev–Trinajstić information content (AvgIpc) is 2.96. The Labute approximate surface area is 174 Å². The van der Waals surface area contributed by atoms with E-state index in [1.54, 1.807) is 36.0 Å². The number of imide groups is 1. The van der Waals surface area contributed by atoms with E-state index in [0.717, 1.165) is 4.90 Å². The van der Waals surface area contributed by atoms with Gasteiger partial charge in [-0.15, -0.1) is 0 Å². The number of nitrogens with zero attached hydrogens (tertiary/aromatic N) is 2. The number of piperidine rings is 1. The summed E-state index contributed by atoms with van der Waals surface area (Å²) in [6, 6.07) is 4.94. The van der Waals surface area contributed by atoms with Gasteiger partial charge in [0.25, 0.3) is 11.8 Å². The number of hydrogen-bond acceptors (Lipinski definition) is 6. The van der Waals surface area contributed by atoms with Crippen LogP contribution in [0.25, 0.3) is 0 Å². The Balaban J connectivity index is 1.95. The molecule has 1 saturated heterocycles. The van der Waals surface area contributed by atoms with Crippen molar-refractivity contribution in [2.45, 2.75) is 44.0 Å². The highest BCUT2D eigenvalue weighted by molar-refractivity contribution is 7.99. The minimum atomic E-state index is -0.923. The van der Waals surface area contributed by atoms with E-state index in [2.05, 4.69) is 0 Å². The van der Waals surface area contributed by atoms with E-state index in [4.69, 9.17) is 4.74 Å². The van der Waals surface area contributed by atoms with Crippen LogP contribution in [-0.2, 0) is 14.3 Å². The van der Waals surface area contributed by atoms with E-state index in [1.807, 2.05) is 20.1 Å². The lowest BCUT2D eigenvalue weighted by Crippen LogP contribution is -2.61. The second-order valence-electron chi connectivity index (χ2n) is 7.79. The van der Waals surface area contributed by atoms with E-state index in [-0.39, 0.29) is 17.1 Å². The number of amides is 3. The number of esters is 1.